The Hall–Kier alpha value is -1.44. The van der Waals surface area contributed by atoms with Crippen molar-refractivity contribution < 1.29 is 22.8 Å². The second-order valence-electron chi connectivity index (χ2n) is 0.865. The molecule has 0 aliphatic heterocycles. The summed E-state index contributed by atoms with van der Waals surface area (Å²) in [5.41, 5.74) is 9.17. The normalized spacial score (nSPS) is 2.74. The van der Waals surface area contributed by atoms with Crippen LogP contribution >= 0.6 is 0 Å². The maximum atomic E-state index is 7.13. The molecule has 9 nitrogen and oxygen atoms in total. The molecule has 0 bridgehead atoms. The molecule has 0 aliphatic carbocycles. The summed E-state index contributed by atoms with van der Waals surface area (Å²) in [5, 5.41) is 38.5. The van der Waals surface area contributed by atoms with Crippen LogP contribution in [0.2, 0.25) is 0 Å². The zero-order chi connectivity index (χ0) is 14.4. The van der Waals surface area contributed by atoms with Crippen LogP contribution in [0.15, 0.2) is 0 Å². The molecule has 0 fully saturated rings. The summed E-state index contributed by atoms with van der Waals surface area (Å²) in [6, 6.07) is 0. The van der Waals surface area contributed by atoms with Crippen molar-refractivity contribution in [2.24, 2.45) is 11.5 Å². The second kappa shape index (κ2) is 130. The van der Waals surface area contributed by atoms with Gasteiger partial charge in [-0.1, -0.05) is 21.6 Å². The maximum Gasteiger partial charge on any atom is 3.00 e. The zero-order valence-corrected chi connectivity index (χ0v) is 14.0. The van der Waals surface area contributed by atoms with Crippen molar-refractivity contribution in [2.45, 2.75) is 0 Å². The molecule has 12 N–H and O–H groups in total. The molecule has 0 aliphatic rings. The van der Waals surface area contributed by atoms with Crippen LogP contribution in [0.5, 0.6) is 0 Å². The number of rotatable bonds is 0. The molecule has 0 spiro atoms. The van der Waals surface area contributed by atoms with E-state index in [9.17, 15) is 0 Å². The van der Waals surface area contributed by atoms with E-state index in [4.69, 9.17) is 21.0 Å². The Morgan fingerprint density at radius 3 is 0.737 bits per heavy atom. The van der Waals surface area contributed by atoms with Gasteiger partial charge in [-0.05, 0) is 0 Å². The average Bonchev–Trinajstić information content (AvgIpc) is 2.06. The Bertz CT molecular complexity index is 233. The van der Waals surface area contributed by atoms with Crippen LogP contribution in [0.1, 0.15) is 0 Å². The average molecular weight is 378 g/mol. The van der Waals surface area contributed by atoms with E-state index in [1.54, 1.807) is 0 Å². The minimum absolute atomic E-state index is 0. The fourth-order valence-electron chi connectivity index (χ4n) is 0. The quantitative estimate of drug-likeness (QED) is 0.126. The first kappa shape index (κ1) is 52.7. The summed E-state index contributed by atoms with van der Waals surface area (Å²) in [6.45, 7) is 0. The van der Waals surface area contributed by atoms with Gasteiger partial charge < -0.3 is 62.8 Å². The largest absolute Gasteiger partial charge is 3.00 e. The molecule has 107 valence electrons. The van der Waals surface area contributed by atoms with Gasteiger partial charge in [0.2, 0.25) is 0 Å². The van der Waals surface area contributed by atoms with E-state index in [2.05, 4.69) is 67.4 Å². The molecule has 0 rings (SSSR count). The first-order valence-corrected chi connectivity index (χ1v) is 4.21. The van der Waals surface area contributed by atoms with Crippen molar-refractivity contribution in [3.05, 3.63) is 0 Å². The molecule has 0 aromatic heterocycles. The fraction of sp³-hybridized carbons (Fsp3) is 0. The Labute approximate surface area is 145 Å². The Morgan fingerprint density at radius 2 is 0.737 bits per heavy atom. The van der Waals surface area contributed by atoms with Crippen LogP contribution in [0.25, 0.3) is 0 Å². The summed E-state index contributed by atoms with van der Waals surface area (Å²) >= 11 is 14.8. The molecule has 0 unspecified atom stereocenters. The minimum Gasteiger partial charge on any atom is -0.696 e. The van der Waals surface area contributed by atoms with Gasteiger partial charge >= 0.3 is 23.3 Å². The predicted molar refractivity (Wildman–Crippen MR) is 77.3 cm³/mol. The van der Waals surface area contributed by atoms with Gasteiger partial charge in [-0.2, -0.15) is 0 Å². The summed E-state index contributed by atoms with van der Waals surface area (Å²) in [7, 11) is 0. The van der Waals surface area contributed by atoms with Crippen LogP contribution in [0, 0.1) is 42.7 Å². The molecule has 0 heterocycles. The van der Waals surface area contributed by atoms with Gasteiger partial charge in [-0.15, -0.1) is 0 Å². The van der Waals surface area contributed by atoms with Crippen LogP contribution in [-0.2, 0) is 67.9 Å². The fourth-order valence-corrected chi connectivity index (χ4v) is 0. The number of nitriles is 4. The van der Waals surface area contributed by atoms with E-state index in [1.165, 1.54) is 21.6 Å². The standard InChI is InChI=1S/CH5N3.4CHNS.Cr.2H3N/c2-1(3)4;4*2-1-3;;;/h(H5,2,3,4);4*3H;;2*1H3/q;;;;;+3;;/p-3. The molecule has 0 aromatic rings. The second-order valence-corrected chi connectivity index (χ2v) is 1.60. The molecular formula is C5H12CrN9S4. The number of nitrogens with zero attached hydrogens (tertiary/aromatic N) is 4. The molecule has 0 aromatic carbocycles. The smallest absolute Gasteiger partial charge is 0.696 e. The maximum absolute atomic E-state index is 7.13. The molecule has 19 heavy (non-hydrogen) atoms. The molecule has 1 radical (unpaired) electrons. The third-order valence-corrected chi connectivity index (χ3v) is 0. The van der Waals surface area contributed by atoms with Crippen LogP contribution in [-0.4, -0.2) is 5.96 Å². The SMILES string of the molecule is N.N.N#C[S-].N#C[S-].N#C[S-].N#C[S-].NC(N)=[NH2+].[Cr+3]. The van der Waals surface area contributed by atoms with Gasteiger partial charge in [0.05, 0.1) is 0 Å². The van der Waals surface area contributed by atoms with Crippen LogP contribution in [0.3, 0.4) is 0 Å². The third-order valence-electron chi connectivity index (χ3n) is 0. The first-order valence-electron chi connectivity index (χ1n) is 2.58. The van der Waals surface area contributed by atoms with E-state index in [1.807, 2.05) is 0 Å². The van der Waals surface area contributed by atoms with Crippen molar-refractivity contribution in [3.8, 4) is 21.6 Å². The van der Waals surface area contributed by atoms with E-state index in [-0.39, 0.29) is 35.6 Å². The van der Waals surface area contributed by atoms with Crippen LogP contribution < -0.4 is 29.2 Å². The van der Waals surface area contributed by atoms with Crippen molar-refractivity contribution in [3.63, 3.8) is 0 Å². The summed E-state index contributed by atoms with van der Waals surface area (Å²) in [6.07, 6.45) is 0. The number of hydrogen-bond acceptors (Lipinski definition) is 10. The van der Waals surface area contributed by atoms with E-state index < -0.39 is 0 Å². The van der Waals surface area contributed by atoms with Gasteiger partial charge in [-0.3, -0.25) is 16.9 Å². The van der Waals surface area contributed by atoms with Gasteiger partial charge in [0, 0.05) is 0 Å². The van der Waals surface area contributed by atoms with E-state index in [0.29, 0.717) is 0 Å². The monoisotopic (exact) mass is 378 g/mol. The molecule has 0 amide bonds. The number of thiocyanates is 4. The number of hydrogen-bond donors (Lipinski definition) is 5. The first-order chi connectivity index (χ1) is 7.39. The van der Waals surface area contributed by atoms with Gasteiger partial charge in [0.15, 0.2) is 0 Å². The Morgan fingerprint density at radius 1 is 0.737 bits per heavy atom. The number of nitrogens with two attached hydrogens (primary N) is 3. The van der Waals surface area contributed by atoms with Gasteiger partial charge in [0.25, 0.3) is 0 Å². The van der Waals surface area contributed by atoms with Gasteiger partial charge in [-0.25, -0.2) is 21.0 Å². The van der Waals surface area contributed by atoms with Crippen molar-refractivity contribution in [1.29, 1.82) is 21.0 Å². The summed E-state index contributed by atoms with van der Waals surface area (Å²) in [5.74, 6) is -0.0833. The summed E-state index contributed by atoms with van der Waals surface area (Å²) < 4.78 is 0. The molecular weight excluding hydrogens is 366 g/mol. The van der Waals surface area contributed by atoms with Gasteiger partial charge in [0.1, 0.15) is 0 Å². The Balaban J connectivity index is -0.0000000128. The molecule has 14 heteroatoms. The predicted octanol–water partition coefficient (Wildman–Crippen LogP) is -2.60. The zero-order valence-electron chi connectivity index (χ0n) is 9.48. The summed E-state index contributed by atoms with van der Waals surface area (Å²) in [4.78, 5) is 0. The van der Waals surface area contributed by atoms with Crippen molar-refractivity contribution in [1.82, 2.24) is 12.3 Å². The molecule has 0 saturated heterocycles. The number of guanidine groups is 1. The molecule has 0 saturated carbocycles. The van der Waals surface area contributed by atoms with E-state index in [0.717, 1.165) is 0 Å². The van der Waals surface area contributed by atoms with E-state index >= 15 is 0 Å². The van der Waals surface area contributed by atoms with Crippen molar-refractivity contribution >= 4 is 56.5 Å². The third kappa shape index (κ3) is 1700. The Kier molecular flexibility index (Phi) is 359. The minimum atomic E-state index is -0.0833. The topological polar surface area (TPSA) is 243 Å². The van der Waals surface area contributed by atoms with Crippen molar-refractivity contribution in [2.75, 3.05) is 0 Å². The molecule has 0 atom stereocenters. The van der Waals surface area contributed by atoms with Crippen LogP contribution in [0.4, 0.5) is 0 Å².